The molecule has 1 heterocycles. The van der Waals surface area contributed by atoms with Gasteiger partial charge in [0.1, 0.15) is 12.4 Å². The Labute approximate surface area is 166 Å². The van der Waals surface area contributed by atoms with Gasteiger partial charge in [-0.2, -0.15) is 0 Å². The van der Waals surface area contributed by atoms with E-state index < -0.39 is 0 Å². The van der Waals surface area contributed by atoms with E-state index in [1.807, 2.05) is 50.2 Å². The molecule has 3 rings (SSSR count). The van der Waals surface area contributed by atoms with E-state index in [1.54, 1.807) is 0 Å². The van der Waals surface area contributed by atoms with E-state index in [2.05, 4.69) is 22.8 Å². The number of ether oxygens (including phenoxy) is 1. The van der Waals surface area contributed by atoms with Crippen molar-refractivity contribution in [2.24, 2.45) is 5.92 Å². The van der Waals surface area contributed by atoms with E-state index in [1.165, 1.54) is 5.56 Å². The maximum absolute atomic E-state index is 12.7. The highest BCUT2D eigenvalue weighted by atomic mass is 16.5. The van der Waals surface area contributed by atoms with E-state index >= 15 is 0 Å². The van der Waals surface area contributed by atoms with Crippen LogP contribution in [0.5, 0.6) is 5.75 Å². The zero-order chi connectivity index (χ0) is 19.9. The monoisotopic (exact) mass is 380 g/mol. The van der Waals surface area contributed by atoms with E-state index in [0.29, 0.717) is 19.4 Å². The molecular weight excluding hydrogens is 352 g/mol. The zero-order valence-corrected chi connectivity index (χ0v) is 16.5. The summed E-state index contributed by atoms with van der Waals surface area (Å²) < 4.78 is 5.78. The Hall–Kier alpha value is -2.82. The molecule has 1 aliphatic heterocycles. The molecule has 2 aromatic rings. The molecule has 0 aliphatic carbocycles. The van der Waals surface area contributed by atoms with Crippen molar-refractivity contribution in [2.75, 3.05) is 11.9 Å². The maximum Gasteiger partial charge on any atom is 0.227 e. The van der Waals surface area contributed by atoms with E-state index in [-0.39, 0.29) is 23.8 Å². The van der Waals surface area contributed by atoms with Gasteiger partial charge in [-0.3, -0.25) is 9.59 Å². The lowest BCUT2D eigenvalue weighted by Crippen LogP contribution is -2.41. The van der Waals surface area contributed by atoms with E-state index in [0.717, 1.165) is 29.8 Å². The molecule has 0 saturated heterocycles. The lowest BCUT2D eigenvalue weighted by molar-refractivity contribution is -0.127. The van der Waals surface area contributed by atoms with Crippen LogP contribution in [0.3, 0.4) is 0 Å². The first kappa shape index (κ1) is 19.9. The first-order chi connectivity index (χ1) is 13.5. The average Bonchev–Trinajstić information content (AvgIpc) is 2.72. The number of carbonyl (C=O) groups is 2. The van der Waals surface area contributed by atoms with Crippen molar-refractivity contribution < 1.29 is 14.3 Å². The quantitative estimate of drug-likeness (QED) is 0.769. The molecule has 148 valence electrons. The molecule has 0 radical (unpaired) electrons. The van der Waals surface area contributed by atoms with Crippen LogP contribution in [-0.4, -0.2) is 24.5 Å². The number of rotatable bonds is 7. The molecule has 2 N–H and O–H groups in total. The van der Waals surface area contributed by atoms with Crippen LogP contribution in [0, 0.1) is 5.92 Å². The molecule has 0 saturated carbocycles. The third kappa shape index (κ3) is 5.35. The summed E-state index contributed by atoms with van der Waals surface area (Å²) in [5.41, 5.74) is 2.98. The van der Waals surface area contributed by atoms with Crippen LogP contribution < -0.4 is 15.4 Å². The SMILES string of the molecule is CCC(=O)Nc1ccc2c(c1)C[C@@H](C(=O)N[C@H](C)CCc1ccccc1)CO2. The predicted molar refractivity (Wildman–Crippen MR) is 110 cm³/mol. The normalized spacial score (nSPS) is 16.4. The smallest absolute Gasteiger partial charge is 0.227 e. The van der Waals surface area contributed by atoms with Gasteiger partial charge in [0.2, 0.25) is 11.8 Å². The third-order valence-corrected chi connectivity index (χ3v) is 5.04. The van der Waals surface area contributed by atoms with Crippen molar-refractivity contribution in [2.45, 2.75) is 45.6 Å². The van der Waals surface area contributed by atoms with Gasteiger partial charge in [0.05, 0.1) is 5.92 Å². The lowest BCUT2D eigenvalue weighted by Gasteiger charge is -2.26. The van der Waals surface area contributed by atoms with Crippen molar-refractivity contribution >= 4 is 17.5 Å². The molecular formula is C23H28N2O3. The second-order valence-electron chi connectivity index (χ2n) is 7.37. The Kier molecular flexibility index (Phi) is 6.69. The molecule has 5 heteroatoms. The highest BCUT2D eigenvalue weighted by molar-refractivity contribution is 5.90. The average molecular weight is 380 g/mol. The summed E-state index contributed by atoms with van der Waals surface area (Å²) in [6, 6.07) is 16.0. The molecule has 0 aromatic heterocycles. The number of nitrogens with one attached hydrogen (secondary N) is 2. The van der Waals surface area contributed by atoms with Gasteiger partial charge in [-0.25, -0.2) is 0 Å². The lowest BCUT2D eigenvalue weighted by atomic mass is 9.95. The van der Waals surface area contributed by atoms with Crippen molar-refractivity contribution in [1.82, 2.24) is 5.32 Å². The number of anilines is 1. The van der Waals surface area contributed by atoms with Crippen LogP contribution in [-0.2, 0) is 22.4 Å². The molecule has 0 spiro atoms. The minimum Gasteiger partial charge on any atom is -0.492 e. The first-order valence-electron chi connectivity index (χ1n) is 9.95. The van der Waals surface area contributed by atoms with Crippen LogP contribution in [0.4, 0.5) is 5.69 Å². The van der Waals surface area contributed by atoms with Gasteiger partial charge in [-0.15, -0.1) is 0 Å². The van der Waals surface area contributed by atoms with Crippen LogP contribution in [0.25, 0.3) is 0 Å². The van der Waals surface area contributed by atoms with Crippen molar-refractivity contribution in [3.05, 3.63) is 59.7 Å². The number of fused-ring (bicyclic) bond motifs is 1. The Bertz CT molecular complexity index is 820. The fourth-order valence-electron chi connectivity index (χ4n) is 3.35. The summed E-state index contributed by atoms with van der Waals surface area (Å²) in [5, 5.41) is 5.97. The summed E-state index contributed by atoms with van der Waals surface area (Å²) in [4.78, 5) is 24.3. The minimum atomic E-state index is -0.219. The maximum atomic E-state index is 12.7. The number of hydrogen-bond acceptors (Lipinski definition) is 3. The Morgan fingerprint density at radius 3 is 2.71 bits per heavy atom. The molecule has 0 fully saturated rings. The van der Waals surface area contributed by atoms with Crippen LogP contribution >= 0.6 is 0 Å². The number of carbonyl (C=O) groups excluding carboxylic acids is 2. The van der Waals surface area contributed by atoms with Crippen LogP contribution in [0.1, 0.15) is 37.8 Å². The molecule has 2 amide bonds. The van der Waals surface area contributed by atoms with Gasteiger partial charge in [0, 0.05) is 18.2 Å². The van der Waals surface area contributed by atoms with Gasteiger partial charge < -0.3 is 15.4 Å². The highest BCUT2D eigenvalue weighted by Crippen LogP contribution is 2.30. The molecule has 5 nitrogen and oxygen atoms in total. The molecule has 0 unspecified atom stereocenters. The number of hydrogen-bond donors (Lipinski definition) is 2. The van der Waals surface area contributed by atoms with Crippen LogP contribution in [0.15, 0.2) is 48.5 Å². The fraction of sp³-hybridized carbons (Fsp3) is 0.391. The highest BCUT2D eigenvalue weighted by Gasteiger charge is 2.27. The minimum absolute atomic E-state index is 0.0224. The number of aryl methyl sites for hydroxylation is 1. The van der Waals surface area contributed by atoms with Crippen molar-refractivity contribution in [3.8, 4) is 5.75 Å². The summed E-state index contributed by atoms with van der Waals surface area (Å²) in [5.74, 6) is 0.562. The van der Waals surface area contributed by atoms with Crippen LogP contribution in [0.2, 0.25) is 0 Å². The second-order valence-corrected chi connectivity index (χ2v) is 7.37. The van der Waals surface area contributed by atoms with E-state index in [4.69, 9.17) is 4.74 Å². The standard InChI is InChI=1S/C23H28N2O3/c1-3-22(26)25-20-11-12-21-18(14-20)13-19(15-28-21)23(27)24-16(2)9-10-17-7-5-4-6-8-17/h4-8,11-12,14,16,19H,3,9-10,13,15H2,1-2H3,(H,24,27)(H,25,26)/t16-,19-/m1/s1. The van der Waals surface area contributed by atoms with Crippen molar-refractivity contribution in [1.29, 1.82) is 0 Å². The predicted octanol–water partition coefficient (Wildman–Crippen LogP) is 3.72. The van der Waals surface area contributed by atoms with Gasteiger partial charge in [0.15, 0.2) is 0 Å². The largest absolute Gasteiger partial charge is 0.492 e. The molecule has 1 aliphatic rings. The zero-order valence-electron chi connectivity index (χ0n) is 16.5. The number of amides is 2. The van der Waals surface area contributed by atoms with Crippen molar-refractivity contribution in [3.63, 3.8) is 0 Å². The Morgan fingerprint density at radius 2 is 1.96 bits per heavy atom. The second kappa shape index (κ2) is 9.40. The summed E-state index contributed by atoms with van der Waals surface area (Å²) in [6.45, 7) is 4.23. The molecule has 28 heavy (non-hydrogen) atoms. The summed E-state index contributed by atoms with van der Waals surface area (Å²) in [7, 11) is 0. The molecule has 2 aromatic carbocycles. The molecule has 2 atom stereocenters. The van der Waals surface area contributed by atoms with Gasteiger partial charge in [0.25, 0.3) is 0 Å². The molecule has 0 bridgehead atoms. The Morgan fingerprint density at radius 1 is 1.18 bits per heavy atom. The topological polar surface area (TPSA) is 67.4 Å². The van der Waals surface area contributed by atoms with E-state index in [9.17, 15) is 9.59 Å². The third-order valence-electron chi connectivity index (χ3n) is 5.04. The summed E-state index contributed by atoms with van der Waals surface area (Å²) in [6.07, 6.45) is 2.88. The Balaban J connectivity index is 1.54. The number of benzene rings is 2. The van der Waals surface area contributed by atoms with Gasteiger partial charge in [-0.05, 0) is 55.5 Å². The van der Waals surface area contributed by atoms with Gasteiger partial charge >= 0.3 is 0 Å². The fourth-order valence-corrected chi connectivity index (χ4v) is 3.35. The summed E-state index contributed by atoms with van der Waals surface area (Å²) >= 11 is 0. The van der Waals surface area contributed by atoms with Gasteiger partial charge in [-0.1, -0.05) is 37.3 Å². The first-order valence-corrected chi connectivity index (χ1v) is 9.95.